The summed E-state index contributed by atoms with van der Waals surface area (Å²) in [5.74, 6) is 0.876. The van der Waals surface area contributed by atoms with E-state index in [9.17, 15) is 5.11 Å². The molecule has 1 aromatic carbocycles. The highest BCUT2D eigenvalue weighted by Gasteiger charge is 2.17. The van der Waals surface area contributed by atoms with Crippen LogP contribution >= 0.6 is 27.7 Å². The second-order valence-corrected chi connectivity index (χ2v) is 5.84. The lowest BCUT2D eigenvalue weighted by atomic mass is 10.1. The minimum Gasteiger partial charge on any atom is -0.389 e. The Balaban J connectivity index is 2.38. The summed E-state index contributed by atoms with van der Waals surface area (Å²) in [5, 5.41) is 9.71. The summed E-state index contributed by atoms with van der Waals surface area (Å²) in [4.78, 5) is 1.21. The molecule has 0 aliphatic heterocycles. The Morgan fingerprint density at radius 3 is 2.87 bits per heavy atom. The summed E-state index contributed by atoms with van der Waals surface area (Å²) in [6, 6.07) is 8.14. The molecule has 1 rings (SSSR count). The van der Waals surface area contributed by atoms with Gasteiger partial charge in [0.25, 0.3) is 0 Å². The van der Waals surface area contributed by atoms with E-state index in [0.29, 0.717) is 13.0 Å². The van der Waals surface area contributed by atoms with Crippen molar-refractivity contribution in [1.29, 1.82) is 0 Å². The molecule has 0 radical (unpaired) electrons. The Hall–Kier alpha value is -0.0300. The first-order chi connectivity index (χ1) is 7.03. The molecule has 0 aromatic heterocycles. The maximum Gasteiger partial charge on any atom is 0.0749 e. The molecule has 0 amide bonds. The molecule has 0 fully saturated rings. The number of aliphatic hydroxyl groups is 1. The molecule has 1 atom stereocenters. The van der Waals surface area contributed by atoms with Gasteiger partial charge in [0.15, 0.2) is 0 Å². The zero-order valence-corrected chi connectivity index (χ0v) is 11.1. The summed E-state index contributed by atoms with van der Waals surface area (Å²) in [5.41, 5.74) is 4.71. The fourth-order valence-corrected chi connectivity index (χ4v) is 2.76. The molecule has 2 nitrogen and oxygen atoms in total. The van der Waals surface area contributed by atoms with Crippen molar-refractivity contribution in [2.45, 2.75) is 23.8 Å². The van der Waals surface area contributed by atoms with E-state index in [0.717, 1.165) is 10.2 Å². The van der Waals surface area contributed by atoms with Crippen LogP contribution in [-0.2, 0) is 0 Å². The lowest BCUT2D eigenvalue weighted by molar-refractivity contribution is 0.0665. The van der Waals surface area contributed by atoms with Crippen molar-refractivity contribution in [2.24, 2.45) is 5.73 Å². The van der Waals surface area contributed by atoms with E-state index in [1.807, 2.05) is 12.1 Å². The highest BCUT2D eigenvalue weighted by Crippen LogP contribution is 2.24. The summed E-state index contributed by atoms with van der Waals surface area (Å²) in [6.07, 6.45) is 0.709. The van der Waals surface area contributed by atoms with Crippen LogP contribution in [0, 0.1) is 0 Å². The molecule has 4 heteroatoms. The molecule has 0 aliphatic rings. The molecule has 0 aliphatic carbocycles. The lowest BCUT2D eigenvalue weighted by Gasteiger charge is -2.20. The monoisotopic (exact) mass is 289 g/mol. The third-order valence-corrected chi connectivity index (χ3v) is 3.63. The zero-order valence-electron chi connectivity index (χ0n) is 8.74. The molecule has 0 saturated heterocycles. The quantitative estimate of drug-likeness (QED) is 0.820. The van der Waals surface area contributed by atoms with E-state index >= 15 is 0 Å². The number of halogens is 1. The third-order valence-electron chi connectivity index (χ3n) is 2.15. The number of thioether (sulfide) groups is 1. The molecule has 0 spiro atoms. The average molecular weight is 290 g/mol. The van der Waals surface area contributed by atoms with Crippen molar-refractivity contribution in [1.82, 2.24) is 0 Å². The maximum atomic E-state index is 9.71. The van der Waals surface area contributed by atoms with E-state index in [1.165, 1.54) is 4.90 Å². The molecular formula is C11H16BrNOS. The molecule has 84 valence electrons. The van der Waals surface area contributed by atoms with Gasteiger partial charge in [-0.25, -0.2) is 0 Å². The number of hydrogen-bond acceptors (Lipinski definition) is 3. The van der Waals surface area contributed by atoms with Crippen molar-refractivity contribution in [3.05, 3.63) is 28.7 Å². The van der Waals surface area contributed by atoms with Crippen molar-refractivity contribution >= 4 is 27.7 Å². The van der Waals surface area contributed by atoms with Gasteiger partial charge in [0.1, 0.15) is 0 Å². The molecule has 0 saturated carbocycles. The molecule has 15 heavy (non-hydrogen) atoms. The number of rotatable bonds is 5. The molecule has 1 aromatic rings. The van der Waals surface area contributed by atoms with Crippen LogP contribution in [0.4, 0.5) is 0 Å². The van der Waals surface area contributed by atoms with Gasteiger partial charge in [-0.05, 0) is 31.5 Å². The summed E-state index contributed by atoms with van der Waals surface area (Å²) < 4.78 is 1.08. The Labute approximate surface area is 103 Å². The minimum absolute atomic E-state index is 0.312. The van der Waals surface area contributed by atoms with E-state index in [1.54, 1.807) is 18.7 Å². The van der Waals surface area contributed by atoms with Gasteiger partial charge >= 0.3 is 0 Å². The summed E-state index contributed by atoms with van der Waals surface area (Å²) in [6.45, 7) is 2.08. The smallest absolute Gasteiger partial charge is 0.0749 e. The van der Waals surface area contributed by atoms with Crippen LogP contribution in [0.1, 0.15) is 13.3 Å². The summed E-state index contributed by atoms with van der Waals surface area (Å²) >= 11 is 5.16. The second-order valence-electron chi connectivity index (χ2n) is 3.76. The van der Waals surface area contributed by atoms with Crippen molar-refractivity contribution in [3.8, 4) is 0 Å². The first-order valence-corrected chi connectivity index (χ1v) is 6.62. The maximum absolute atomic E-state index is 9.71. The first kappa shape index (κ1) is 13.0. The van der Waals surface area contributed by atoms with Crippen LogP contribution in [0.15, 0.2) is 33.6 Å². The predicted molar refractivity (Wildman–Crippen MR) is 69.2 cm³/mol. The molecule has 3 N–H and O–H groups in total. The van der Waals surface area contributed by atoms with Crippen LogP contribution in [0.3, 0.4) is 0 Å². The fourth-order valence-electron chi connectivity index (χ4n) is 1.05. The van der Waals surface area contributed by atoms with Crippen molar-refractivity contribution in [3.63, 3.8) is 0 Å². The van der Waals surface area contributed by atoms with E-state index < -0.39 is 5.60 Å². The Morgan fingerprint density at radius 1 is 1.53 bits per heavy atom. The lowest BCUT2D eigenvalue weighted by Crippen LogP contribution is -2.34. The van der Waals surface area contributed by atoms with Crippen LogP contribution in [-0.4, -0.2) is 23.0 Å². The topological polar surface area (TPSA) is 46.2 Å². The normalized spacial score (nSPS) is 14.9. The highest BCUT2D eigenvalue weighted by molar-refractivity contribution is 9.10. The second kappa shape index (κ2) is 5.89. The Bertz CT molecular complexity index is 317. The largest absolute Gasteiger partial charge is 0.389 e. The van der Waals surface area contributed by atoms with Gasteiger partial charge in [0.2, 0.25) is 0 Å². The molecule has 1 unspecified atom stereocenters. The van der Waals surface area contributed by atoms with Gasteiger partial charge in [-0.15, -0.1) is 11.8 Å². The van der Waals surface area contributed by atoms with Gasteiger partial charge < -0.3 is 10.8 Å². The number of hydrogen-bond donors (Lipinski definition) is 2. The highest BCUT2D eigenvalue weighted by atomic mass is 79.9. The van der Waals surface area contributed by atoms with Gasteiger partial charge in [-0.1, -0.05) is 22.0 Å². The average Bonchev–Trinajstić information content (AvgIpc) is 2.18. The SMILES string of the molecule is CC(O)(CN)CCSc1cccc(Br)c1. The van der Waals surface area contributed by atoms with Crippen LogP contribution in [0.25, 0.3) is 0 Å². The van der Waals surface area contributed by atoms with Crippen LogP contribution in [0.2, 0.25) is 0 Å². The Morgan fingerprint density at radius 2 is 2.27 bits per heavy atom. The van der Waals surface area contributed by atoms with Gasteiger partial charge in [0, 0.05) is 21.7 Å². The number of nitrogens with two attached hydrogens (primary N) is 1. The van der Waals surface area contributed by atoms with Gasteiger partial charge in [-0.3, -0.25) is 0 Å². The fraction of sp³-hybridized carbons (Fsp3) is 0.455. The van der Waals surface area contributed by atoms with E-state index in [4.69, 9.17) is 5.73 Å². The third kappa shape index (κ3) is 5.02. The minimum atomic E-state index is -0.737. The van der Waals surface area contributed by atoms with Crippen LogP contribution < -0.4 is 5.73 Å². The number of benzene rings is 1. The first-order valence-electron chi connectivity index (χ1n) is 4.84. The standard InChI is InChI=1S/C11H16BrNOS/c1-11(14,8-13)5-6-15-10-4-2-3-9(12)7-10/h2-4,7,14H,5-6,8,13H2,1H3. The predicted octanol–water partition coefficient (Wildman–Crippen LogP) is 2.64. The van der Waals surface area contributed by atoms with Crippen molar-refractivity contribution in [2.75, 3.05) is 12.3 Å². The molecule has 0 bridgehead atoms. The van der Waals surface area contributed by atoms with Crippen LogP contribution in [0.5, 0.6) is 0 Å². The Kier molecular flexibility index (Phi) is 5.12. The van der Waals surface area contributed by atoms with E-state index in [2.05, 4.69) is 28.1 Å². The molecular weight excluding hydrogens is 274 g/mol. The zero-order chi connectivity index (χ0) is 11.3. The summed E-state index contributed by atoms with van der Waals surface area (Å²) in [7, 11) is 0. The van der Waals surface area contributed by atoms with E-state index in [-0.39, 0.29) is 0 Å². The van der Waals surface area contributed by atoms with Gasteiger partial charge in [-0.2, -0.15) is 0 Å². The molecule has 0 heterocycles. The van der Waals surface area contributed by atoms with Gasteiger partial charge in [0.05, 0.1) is 5.60 Å². The van der Waals surface area contributed by atoms with Crippen molar-refractivity contribution < 1.29 is 5.11 Å².